The lowest BCUT2D eigenvalue weighted by Gasteiger charge is -2.23. The Hall–Kier alpha value is -2.21. The molecule has 6 nitrogen and oxygen atoms in total. The standard InChI is InChI=1S/C19H24N4O2/c1-22-12-20-21-19(22)17-10-16(25-2)11-23(17)18(24)9-13-6-7-14-4-3-5-15(14)8-13/h6-8,12,16-17H,3-5,9-11H2,1-2H3/t16-,17+/m1/s1. The Morgan fingerprint density at radius 2 is 2.16 bits per heavy atom. The molecule has 1 aromatic heterocycles. The SMILES string of the molecule is CO[C@@H]1C[C@@H](c2nncn2C)N(C(=O)Cc2ccc3c(c2)CCC3)C1. The Balaban J connectivity index is 1.54. The Morgan fingerprint density at radius 1 is 1.32 bits per heavy atom. The Morgan fingerprint density at radius 3 is 2.92 bits per heavy atom. The number of amides is 1. The molecule has 2 aromatic rings. The highest BCUT2D eigenvalue weighted by Gasteiger charge is 2.38. The van der Waals surface area contributed by atoms with Crippen LogP contribution in [0.15, 0.2) is 24.5 Å². The Kier molecular flexibility index (Phi) is 4.29. The molecule has 0 bridgehead atoms. The van der Waals surface area contributed by atoms with Crippen molar-refractivity contribution in [1.82, 2.24) is 19.7 Å². The summed E-state index contributed by atoms with van der Waals surface area (Å²) in [6.07, 6.45) is 6.44. The number of benzene rings is 1. The lowest BCUT2D eigenvalue weighted by Crippen LogP contribution is -2.34. The van der Waals surface area contributed by atoms with E-state index in [1.54, 1.807) is 13.4 Å². The van der Waals surface area contributed by atoms with Gasteiger partial charge in [0.05, 0.1) is 18.6 Å². The fourth-order valence-corrected chi connectivity index (χ4v) is 4.09. The van der Waals surface area contributed by atoms with Crippen LogP contribution >= 0.6 is 0 Å². The third-order valence-corrected chi connectivity index (χ3v) is 5.48. The van der Waals surface area contributed by atoms with E-state index in [-0.39, 0.29) is 18.1 Å². The van der Waals surface area contributed by atoms with Gasteiger partial charge in [-0.3, -0.25) is 4.79 Å². The number of fused-ring (bicyclic) bond motifs is 1. The number of carbonyl (C=O) groups is 1. The minimum atomic E-state index is -0.0700. The fourth-order valence-electron chi connectivity index (χ4n) is 4.09. The van der Waals surface area contributed by atoms with Gasteiger partial charge in [0.25, 0.3) is 0 Å². The molecule has 132 valence electrons. The number of aromatic nitrogens is 3. The number of carbonyl (C=O) groups excluding carboxylic acids is 1. The summed E-state index contributed by atoms with van der Waals surface area (Å²) in [6.45, 7) is 0.609. The average Bonchev–Trinajstić information content (AvgIpc) is 3.32. The van der Waals surface area contributed by atoms with Crippen molar-refractivity contribution < 1.29 is 9.53 Å². The fraction of sp³-hybridized carbons (Fsp3) is 0.526. The van der Waals surface area contributed by atoms with Gasteiger partial charge in [-0.1, -0.05) is 18.2 Å². The highest BCUT2D eigenvalue weighted by atomic mass is 16.5. The van der Waals surface area contributed by atoms with Crippen LogP contribution in [0.2, 0.25) is 0 Å². The zero-order chi connectivity index (χ0) is 17.4. The molecule has 0 N–H and O–H groups in total. The maximum Gasteiger partial charge on any atom is 0.227 e. The van der Waals surface area contributed by atoms with Gasteiger partial charge < -0.3 is 14.2 Å². The first-order valence-electron chi connectivity index (χ1n) is 8.92. The Labute approximate surface area is 147 Å². The number of likely N-dealkylation sites (tertiary alicyclic amines) is 1. The second kappa shape index (κ2) is 6.59. The second-order valence-electron chi connectivity index (χ2n) is 7.09. The molecule has 25 heavy (non-hydrogen) atoms. The summed E-state index contributed by atoms with van der Waals surface area (Å²) in [5, 5.41) is 8.19. The van der Waals surface area contributed by atoms with Crippen molar-refractivity contribution in [2.45, 2.75) is 44.2 Å². The molecule has 2 heterocycles. The van der Waals surface area contributed by atoms with E-state index in [2.05, 4.69) is 28.4 Å². The average molecular weight is 340 g/mol. The quantitative estimate of drug-likeness (QED) is 0.852. The van der Waals surface area contributed by atoms with Crippen LogP contribution in [0.25, 0.3) is 0 Å². The first kappa shape index (κ1) is 16.3. The molecule has 2 aliphatic rings. The highest BCUT2D eigenvalue weighted by Crippen LogP contribution is 2.33. The lowest BCUT2D eigenvalue weighted by molar-refractivity contribution is -0.131. The number of methoxy groups -OCH3 is 1. The summed E-state index contributed by atoms with van der Waals surface area (Å²) in [6, 6.07) is 6.43. The molecule has 2 atom stereocenters. The molecule has 6 heteroatoms. The number of hydrogen-bond donors (Lipinski definition) is 0. The zero-order valence-electron chi connectivity index (χ0n) is 14.8. The van der Waals surface area contributed by atoms with Crippen LogP contribution < -0.4 is 0 Å². The number of aryl methyl sites for hydroxylation is 3. The lowest BCUT2D eigenvalue weighted by atomic mass is 10.0. The van der Waals surface area contributed by atoms with Crippen LogP contribution in [-0.4, -0.2) is 45.3 Å². The van der Waals surface area contributed by atoms with E-state index in [1.807, 2.05) is 16.5 Å². The molecule has 0 unspecified atom stereocenters. The molecule has 1 amide bonds. The van der Waals surface area contributed by atoms with Gasteiger partial charge in [-0.2, -0.15) is 0 Å². The first-order chi connectivity index (χ1) is 12.2. The predicted octanol–water partition coefficient (Wildman–Crippen LogP) is 1.83. The minimum Gasteiger partial charge on any atom is -0.380 e. The second-order valence-corrected chi connectivity index (χ2v) is 7.09. The van der Waals surface area contributed by atoms with Crippen LogP contribution in [0.4, 0.5) is 0 Å². The molecule has 4 rings (SSSR count). The van der Waals surface area contributed by atoms with Crippen molar-refractivity contribution in [3.05, 3.63) is 47.0 Å². The molecule has 0 spiro atoms. The van der Waals surface area contributed by atoms with E-state index in [9.17, 15) is 4.79 Å². The van der Waals surface area contributed by atoms with Crippen molar-refractivity contribution in [3.63, 3.8) is 0 Å². The molecule has 1 fully saturated rings. The van der Waals surface area contributed by atoms with Gasteiger partial charge in [0.2, 0.25) is 5.91 Å². The van der Waals surface area contributed by atoms with Gasteiger partial charge in [-0.25, -0.2) is 0 Å². The van der Waals surface area contributed by atoms with Gasteiger partial charge in [-0.15, -0.1) is 10.2 Å². The first-order valence-corrected chi connectivity index (χ1v) is 8.92. The number of nitrogens with zero attached hydrogens (tertiary/aromatic N) is 4. The van der Waals surface area contributed by atoms with Crippen molar-refractivity contribution in [2.24, 2.45) is 7.05 Å². The van der Waals surface area contributed by atoms with E-state index in [0.29, 0.717) is 13.0 Å². The van der Waals surface area contributed by atoms with E-state index in [1.165, 1.54) is 24.0 Å². The van der Waals surface area contributed by atoms with E-state index in [0.717, 1.165) is 24.2 Å². The Bertz CT molecular complexity index is 785. The smallest absolute Gasteiger partial charge is 0.227 e. The van der Waals surface area contributed by atoms with Crippen molar-refractivity contribution >= 4 is 5.91 Å². The molecule has 1 saturated heterocycles. The molecule has 1 aliphatic carbocycles. The van der Waals surface area contributed by atoms with Crippen molar-refractivity contribution in [1.29, 1.82) is 0 Å². The third kappa shape index (κ3) is 3.06. The summed E-state index contributed by atoms with van der Waals surface area (Å²) in [7, 11) is 3.62. The van der Waals surface area contributed by atoms with Gasteiger partial charge in [-0.05, 0) is 36.0 Å². The largest absolute Gasteiger partial charge is 0.380 e. The maximum absolute atomic E-state index is 13.0. The van der Waals surface area contributed by atoms with Crippen LogP contribution in [-0.2, 0) is 35.8 Å². The van der Waals surface area contributed by atoms with Gasteiger partial charge in [0.15, 0.2) is 5.82 Å². The van der Waals surface area contributed by atoms with Crippen LogP contribution in [0.3, 0.4) is 0 Å². The van der Waals surface area contributed by atoms with E-state index >= 15 is 0 Å². The molecule has 1 aromatic carbocycles. The van der Waals surface area contributed by atoms with Crippen molar-refractivity contribution in [2.75, 3.05) is 13.7 Å². The van der Waals surface area contributed by atoms with Crippen LogP contribution in [0.1, 0.15) is 41.4 Å². The van der Waals surface area contributed by atoms with E-state index < -0.39 is 0 Å². The number of rotatable bonds is 4. The molecule has 0 radical (unpaired) electrons. The molecular weight excluding hydrogens is 316 g/mol. The predicted molar refractivity (Wildman–Crippen MR) is 93.0 cm³/mol. The van der Waals surface area contributed by atoms with E-state index in [4.69, 9.17) is 4.74 Å². The summed E-state index contributed by atoms with van der Waals surface area (Å²) >= 11 is 0. The topological polar surface area (TPSA) is 60.3 Å². The van der Waals surface area contributed by atoms with Crippen molar-refractivity contribution in [3.8, 4) is 0 Å². The molecule has 1 aliphatic heterocycles. The van der Waals surface area contributed by atoms with Gasteiger partial charge in [0, 0.05) is 27.1 Å². The minimum absolute atomic E-state index is 0.0469. The van der Waals surface area contributed by atoms with Crippen LogP contribution in [0, 0.1) is 0 Å². The van der Waals surface area contributed by atoms with Gasteiger partial charge >= 0.3 is 0 Å². The maximum atomic E-state index is 13.0. The summed E-state index contributed by atoms with van der Waals surface area (Å²) in [4.78, 5) is 14.9. The van der Waals surface area contributed by atoms with Crippen LogP contribution in [0.5, 0.6) is 0 Å². The third-order valence-electron chi connectivity index (χ3n) is 5.48. The monoisotopic (exact) mass is 340 g/mol. The normalized spacial score (nSPS) is 22.4. The number of hydrogen-bond acceptors (Lipinski definition) is 4. The summed E-state index contributed by atoms with van der Waals surface area (Å²) < 4.78 is 7.41. The molecular formula is C19H24N4O2. The summed E-state index contributed by atoms with van der Waals surface area (Å²) in [5.74, 6) is 0.951. The summed E-state index contributed by atoms with van der Waals surface area (Å²) in [5.41, 5.74) is 3.95. The number of ether oxygens (including phenoxy) is 1. The highest BCUT2D eigenvalue weighted by molar-refractivity contribution is 5.79. The van der Waals surface area contributed by atoms with Gasteiger partial charge in [0.1, 0.15) is 6.33 Å². The molecule has 0 saturated carbocycles. The zero-order valence-corrected chi connectivity index (χ0v) is 14.8.